The average molecular weight is 407 g/mol. The van der Waals surface area contributed by atoms with E-state index >= 15 is 0 Å². The lowest BCUT2D eigenvalue weighted by Crippen LogP contribution is -2.62. The lowest BCUT2D eigenvalue weighted by Gasteiger charge is -2.42. The molecule has 3 rings (SSSR count). The number of piperidine rings is 1. The highest BCUT2D eigenvalue weighted by molar-refractivity contribution is 5.90. The van der Waals surface area contributed by atoms with Crippen molar-refractivity contribution in [3.63, 3.8) is 0 Å². The van der Waals surface area contributed by atoms with E-state index in [-0.39, 0.29) is 41.1 Å². The van der Waals surface area contributed by atoms with Crippen molar-refractivity contribution in [3.05, 3.63) is 0 Å². The van der Waals surface area contributed by atoms with Gasteiger partial charge in [0.05, 0.1) is 6.04 Å². The van der Waals surface area contributed by atoms with Crippen LogP contribution in [-0.4, -0.2) is 65.8 Å². The molecule has 2 atom stereocenters. The van der Waals surface area contributed by atoms with Crippen molar-refractivity contribution in [2.24, 2.45) is 23.0 Å². The van der Waals surface area contributed by atoms with Crippen molar-refractivity contribution in [2.75, 3.05) is 26.2 Å². The van der Waals surface area contributed by atoms with E-state index in [2.05, 4.69) is 26.1 Å². The van der Waals surface area contributed by atoms with E-state index in [1.807, 2.05) is 9.80 Å². The molecule has 0 bridgehead atoms. The monoisotopic (exact) mass is 406 g/mol. The van der Waals surface area contributed by atoms with Gasteiger partial charge in [0.25, 0.3) is 0 Å². The highest BCUT2D eigenvalue weighted by Gasteiger charge is 2.42. The average Bonchev–Trinajstić information content (AvgIpc) is 3.44. The number of carbonyl (C=O) groups is 3. The number of carbonyl (C=O) groups excluding carboxylic acids is 3. The highest BCUT2D eigenvalue weighted by atomic mass is 16.2. The van der Waals surface area contributed by atoms with Crippen LogP contribution < -0.4 is 11.1 Å². The number of rotatable bonds is 7. The fourth-order valence-electron chi connectivity index (χ4n) is 4.72. The Hall–Kier alpha value is -1.63. The maximum atomic E-state index is 13.4. The first-order valence-corrected chi connectivity index (χ1v) is 11.2. The Bertz CT molecular complexity index is 618. The van der Waals surface area contributed by atoms with Crippen molar-refractivity contribution in [1.29, 1.82) is 0 Å². The van der Waals surface area contributed by atoms with Crippen LogP contribution in [0, 0.1) is 17.3 Å². The molecule has 3 aliphatic rings. The van der Waals surface area contributed by atoms with Gasteiger partial charge < -0.3 is 20.9 Å². The summed E-state index contributed by atoms with van der Waals surface area (Å²) >= 11 is 0. The van der Waals surface area contributed by atoms with Gasteiger partial charge in [0.1, 0.15) is 6.04 Å². The number of hydrogen-bond acceptors (Lipinski definition) is 4. The van der Waals surface area contributed by atoms with Gasteiger partial charge in [-0.25, -0.2) is 0 Å². The largest absolute Gasteiger partial charge is 0.370 e. The molecule has 0 spiro atoms. The Labute approximate surface area is 174 Å². The van der Waals surface area contributed by atoms with Gasteiger partial charge in [-0.3, -0.25) is 14.4 Å². The molecule has 0 aromatic heterocycles. The number of nitrogens with one attached hydrogen (secondary N) is 1. The Balaban J connectivity index is 1.66. The van der Waals surface area contributed by atoms with E-state index in [0.717, 1.165) is 45.1 Å². The quantitative estimate of drug-likeness (QED) is 0.670. The molecular weight excluding hydrogens is 368 g/mol. The first-order chi connectivity index (χ1) is 13.6. The molecule has 164 valence electrons. The van der Waals surface area contributed by atoms with Gasteiger partial charge in [-0.15, -0.1) is 0 Å². The third-order valence-electron chi connectivity index (χ3n) is 6.47. The fraction of sp³-hybridized carbons (Fsp3) is 0.864. The third-order valence-corrected chi connectivity index (χ3v) is 6.47. The number of nitrogens with zero attached hydrogens (tertiary/aromatic N) is 2. The van der Waals surface area contributed by atoms with Crippen molar-refractivity contribution in [3.8, 4) is 0 Å². The fourth-order valence-corrected chi connectivity index (χ4v) is 4.72. The second kappa shape index (κ2) is 9.02. The number of piperazine rings is 1. The molecule has 3 fully saturated rings. The normalized spacial score (nSPS) is 25.2. The zero-order chi connectivity index (χ0) is 21.2. The van der Waals surface area contributed by atoms with Gasteiger partial charge in [0.2, 0.25) is 17.7 Å². The Morgan fingerprint density at radius 3 is 2.31 bits per heavy atom. The summed E-state index contributed by atoms with van der Waals surface area (Å²) in [5.41, 5.74) is 5.38. The van der Waals surface area contributed by atoms with E-state index in [0.29, 0.717) is 32.0 Å². The van der Waals surface area contributed by atoms with Crippen molar-refractivity contribution in [1.82, 2.24) is 15.1 Å². The van der Waals surface area contributed by atoms with E-state index in [4.69, 9.17) is 5.73 Å². The van der Waals surface area contributed by atoms with Crippen LogP contribution >= 0.6 is 0 Å². The first-order valence-electron chi connectivity index (χ1n) is 11.2. The topological polar surface area (TPSA) is 95.7 Å². The predicted molar refractivity (Wildman–Crippen MR) is 112 cm³/mol. The molecule has 3 amide bonds. The standard InChI is InChI=1S/C22H38N4O3/c1-22(2,3)14-17-20(28)26(11-8-24-17)18(12-15-4-5-15)21(29)25-9-6-16(7-10-25)13-19(23)27/h15-18,24H,4-14H2,1-3H3,(H2,23,27)/t17-,18-/m0/s1. The van der Waals surface area contributed by atoms with Crippen LogP contribution in [0.3, 0.4) is 0 Å². The van der Waals surface area contributed by atoms with Crippen molar-refractivity contribution < 1.29 is 14.4 Å². The number of likely N-dealkylation sites (tertiary alicyclic amines) is 1. The molecule has 29 heavy (non-hydrogen) atoms. The minimum Gasteiger partial charge on any atom is -0.370 e. The van der Waals surface area contributed by atoms with Gasteiger partial charge in [0.15, 0.2) is 0 Å². The number of amides is 3. The molecule has 7 heteroatoms. The predicted octanol–water partition coefficient (Wildman–Crippen LogP) is 1.51. The van der Waals surface area contributed by atoms with Gasteiger partial charge in [-0.2, -0.15) is 0 Å². The van der Waals surface area contributed by atoms with Crippen LogP contribution in [0.15, 0.2) is 0 Å². The molecular formula is C22H38N4O3. The third kappa shape index (κ3) is 6.17. The Morgan fingerprint density at radius 2 is 1.76 bits per heavy atom. The lowest BCUT2D eigenvalue weighted by atomic mass is 9.86. The second-order valence-corrected chi connectivity index (χ2v) is 10.4. The number of hydrogen-bond donors (Lipinski definition) is 2. The molecule has 2 aliphatic heterocycles. The molecule has 0 unspecified atom stereocenters. The summed E-state index contributed by atoms with van der Waals surface area (Å²) < 4.78 is 0. The highest BCUT2D eigenvalue weighted by Crippen LogP contribution is 2.36. The summed E-state index contributed by atoms with van der Waals surface area (Å²) in [7, 11) is 0. The molecule has 1 aliphatic carbocycles. The SMILES string of the molecule is CC(C)(C)C[C@@H]1NCCN([C@@H](CC2CC2)C(=O)N2CCC(CC(N)=O)CC2)C1=O. The summed E-state index contributed by atoms with van der Waals surface area (Å²) in [6, 6.07) is -0.549. The lowest BCUT2D eigenvalue weighted by molar-refractivity contribution is -0.150. The van der Waals surface area contributed by atoms with Gasteiger partial charge in [-0.05, 0) is 42.9 Å². The Kier molecular flexibility index (Phi) is 6.87. The van der Waals surface area contributed by atoms with Crippen molar-refractivity contribution in [2.45, 2.75) is 77.8 Å². The molecule has 7 nitrogen and oxygen atoms in total. The van der Waals surface area contributed by atoms with Crippen LogP contribution in [-0.2, 0) is 14.4 Å². The van der Waals surface area contributed by atoms with Gasteiger partial charge in [-0.1, -0.05) is 33.6 Å². The van der Waals surface area contributed by atoms with Crippen LogP contribution in [0.25, 0.3) is 0 Å². The van der Waals surface area contributed by atoms with Crippen molar-refractivity contribution >= 4 is 17.7 Å². The second-order valence-electron chi connectivity index (χ2n) is 10.4. The summed E-state index contributed by atoms with van der Waals surface area (Å²) in [6.45, 7) is 9.08. The minimum atomic E-state index is -0.341. The summed E-state index contributed by atoms with van der Waals surface area (Å²) in [5.74, 6) is 0.751. The van der Waals surface area contributed by atoms with Crippen LogP contribution in [0.4, 0.5) is 0 Å². The van der Waals surface area contributed by atoms with Crippen LogP contribution in [0.2, 0.25) is 0 Å². The van der Waals surface area contributed by atoms with E-state index in [1.54, 1.807) is 0 Å². The van der Waals surface area contributed by atoms with E-state index in [9.17, 15) is 14.4 Å². The molecule has 2 heterocycles. The van der Waals surface area contributed by atoms with Gasteiger partial charge >= 0.3 is 0 Å². The number of nitrogens with two attached hydrogens (primary N) is 1. The minimum absolute atomic E-state index is 0.0502. The molecule has 0 aromatic carbocycles. The number of primary amides is 1. The van der Waals surface area contributed by atoms with Gasteiger partial charge in [0, 0.05) is 32.6 Å². The molecule has 3 N–H and O–H groups in total. The maximum absolute atomic E-state index is 13.4. The maximum Gasteiger partial charge on any atom is 0.245 e. The van der Waals surface area contributed by atoms with E-state index < -0.39 is 0 Å². The zero-order valence-corrected chi connectivity index (χ0v) is 18.3. The summed E-state index contributed by atoms with van der Waals surface area (Å²) in [6.07, 6.45) is 5.91. The first kappa shape index (κ1) is 22.1. The van der Waals surface area contributed by atoms with Crippen LogP contribution in [0.1, 0.15) is 65.7 Å². The Morgan fingerprint density at radius 1 is 1.10 bits per heavy atom. The molecule has 2 saturated heterocycles. The molecule has 0 aromatic rings. The molecule has 1 saturated carbocycles. The molecule has 0 radical (unpaired) electrons. The zero-order valence-electron chi connectivity index (χ0n) is 18.3. The van der Waals surface area contributed by atoms with E-state index in [1.165, 1.54) is 0 Å². The van der Waals surface area contributed by atoms with Crippen LogP contribution in [0.5, 0.6) is 0 Å². The smallest absolute Gasteiger partial charge is 0.245 e. The summed E-state index contributed by atoms with van der Waals surface area (Å²) in [4.78, 5) is 41.7. The summed E-state index contributed by atoms with van der Waals surface area (Å²) in [5, 5.41) is 3.36.